The van der Waals surface area contributed by atoms with Crippen LogP contribution in [0.15, 0.2) is 28.7 Å². The number of thiazole rings is 1. The molecule has 0 bridgehead atoms. The van der Waals surface area contributed by atoms with Gasteiger partial charge in [0.2, 0.25) is 0 Å². The Morgan fingerprint density at radius 2 is 2.32 bits per heavy atom. The van der Waals surface area contributed by atoms with E-state index >= 15 is 0 Å². The van der Waals surface area contributed by atoms with E-state index < -0.39 is 0 Å². The number of thiophene rings is 1. The van der Waals surface area contributed by atoms with Gasteiger partial charge < -0.3 is 5.32 Å². The van der Waals surface area contributed by atoms with Crippen LogP contribution in [0.3, 0.4) is 0 Å². The Morgan fingerprint density at radius 1 is 1.37 bits per heavy atom. The van der Waals surface area contributed by atoms with Crippen LogP contribution in [0.2, 0.25) is 0 Å². The standard InChI is InChI=1S/C13H10N4S2/c1-2-3-10(11-6-18-8-16-11)17-12-9-4-5-19-13(9)15-7-14-12/h1,4-8,10H,3H2,(H,14,15,17). The summed E-state index contributed by atoms with van der Waals surface area (Å²) >= 11 is 3.15. The lowest BCUT2D eigenvalue weighted by molar-refractivity contribution is 0.782. The van der Waals surface area contributed by atoms with E-state index in [1.807, 2.05) is 16.8 Å². The van der Waals surface area contributed by atoms with Crippen LogP contribution in [0.4, 0.5) is 5.82 Å². The zero-order valence-electron chi connectivity index (χ0n) is 9.91. The number of anilines is 1. The van der Waals surface area contributed by atoms with Gasteiger partial charge in [-0.3, -0.25) is 0 Å². The van der Waals surface area contributed by atoms with E-state index in [-0.39, 0.29) is 6.04 Å². The predicted molar refractivity (Wildman–Crippen MR) is 79.3 cm³/mol. The highest BCUT2D eigenvalue weighted by Gasteiger charge is 2.14. The van der Waals surface area contributed by atoms with Crippen molar-refractivity contribution in [2.45, 2.75) is 12.5 Å². The lowest BCUT2D eigenvalue weighted by atomic mass is 10.1. The minimum absolute atomic E-state index is 0.0192. The molecule has 3 aromatic heterocycles. The summed E-state index contributed by atoms with van der Waals surface area (Å²) in [6.07, 6.45) is 7.57. The van der Waals surface area contributed by atoms with Crippen molar-refractivity contribution in [2.24, 2.45) is 0 Å². The van der Waals surface area contributed by atoms with Gasteiger partial charge in [0.1, 0.15) is 17.0 Å². The maximum atomic E-state index is 5.44. The van der Waals surface area contributed by atoms with Crippen LogP contribution in [0.5, 0.6) is 0 Å². The number of fused-ring (bicyclic) bond motifs is 1. The Balaban J connectivity index is 1.94. The van der Waals surface area contributed by atoms with Gasteiger partial charge in [0.25, 0.3) is 0 Å². The van der Waals surface area contributed by atoms with E-state index in [9.17, 15) is 0 Å². The van der Waals surface area contributed by atoms with Gasteiger partial charge in [0.05, 0.1) is 22.6 Å². The maximum Gasteiger partial charge on any atom is 0.138 e. The Hall–Kier alpha value is -1.97. The number of hydrogen-bond acceptors (Lipinski definition) is 6. The molecular formula is C13H10N4S2. The van der Waals surface area contributed by atoms with Crippen LogP contribution < -0.4 is 5.32 Å². The Kier molecular flexibility index (Phi) is 3.40. The number of hydrogen-bond donors (Lipinski definition) is 1. The van der Waals surface area contributed by atoms with Gasteiger partial charge in [-0.1, -0.05) is 0 Å². The molecule has 4 nitrogen and oxygen atoms in total. The van der Waals surface area contributed by atoms with Gasteiger partial charge in [-0.15, -0.1) is 35.0 Å². The fourth-order valence-electron chi connectivity index (χ4n) is 1.81. The van der Waals surface area contributed by atoms with Crippen LogP contribution in [0, 0.1) is 12.3 Å². The van der Waals surface area contributed by atoms with Gasteiger partial charge in [-0.25, -0.2) is 15.0 Å². The summed E-state index contributed by atoms with van der Waals surface area (Å²) in [7, 11) is 0. The van der Waals surface area contributed by atoms with Gasteiger partial charge in [0.15, 0.2) is 0 Å². The molecule has 3 rings (SSSR count). The molecule has 94 valence electrons. The van der Waals surface area contributed by atoms with Crippen LogP contribution in [0.25, 0.3) is 10.2 Å². The summed E-state index contributed by atoms with van der Waals surface area (Å²) < 4.78 is 0. The topological polar surface area (TPSA) is 50.7 Å². The largest absolute Gasteiger partial charge is 0.360 e. The molecule has 0 saturated heterocycles. The molecule has 1 unspecified atom stereocenters. The van der Waals surface area contributed by atoms with Crippen molar-refractivity contribution in [3.8, 4) is 12.3 Å². The second-order valence-electron chi connectivity index (χ2n) is 3.88. The first-order valence-electron chi connectivity index (χ1n) is 5.65. The first kappa shape index (κ1) is 12.1. The first-order chi connectivity index (χ1) is 9.38. The Bertz CT molecular complexity index is 712. The van der Waals surface area contributed by atoms with Crippen molar-refractivity contribution in [3.05, 3.63) is 34.4 Å². The highest BCUT2D eigenvalue weighted by molar-refractivity contribution is 7.16. The Morgan fingerprint density at radius 3 is 3.11 bits per heavy atom. The molecule has 3 heterocycles. The molecule has 1 atom stereocenters. The lowest BCUT2D eigenvalue weighted by Crippen LogP contribution is -2.11. The van der Waals surface area contributed by atoms with E-state index in [0.717, 1.165) is 21.7 Å². The monoisotopic (exact) mass is 286 g/mol. The molecule has 0 fully saturated rings. The molecule has 19 heavy (non-hydrogen) atoms. The number of aromatic nitrogens is 3. The second-order valence-corrected chi connectivity index (χ2v) is 5.49. The van der Waals surface area contributed by atoms with E-state index in [1.165, 1.54) is 0 Å². The number of terminal acetylenes is 1. The molecule has 3 aromatic rings. The zero-order chi connectivity index (χ0) is 13.1. The van der Waals surface area contributed by atoms with E-state index in [2.05, 4.69) is 26.2 Å². The van der Waals surface area contributed by atoms with Crippen molar-refractivity contribution in [1.82, 2.24) is 15.0 Å². The molecule has 0 aliphatic carbocycles. The molecule has 0 amide bonds. The third kappa shape index (κ3) is 2.43. The van der Waals surface area contributed by atoms with Crippen molar-refractivity contribution in [3.63, 3.8) is 0 Å². The summed E-state index contributed by atoms with van der Waals surface area (Å²) in [6, 6.07) is 1.99. The lowest BCUT2D eigenvalue weighted by Gasteiger charge is -2.15. The summed E-state index contributed by atoms with van der Waals surface area (Å²) in [5.74, 6) is 3.48. The highest BCUT2D eigenvalue weighted by atomic mass is 32.1. The summed E-state index contributed by atoms with van der Waals surface area (Å²) in [5.41, 5.74) is 2.76. The van der Waals surface area contributed by atoms with Crippen LogP contribution in [-0.4, -0.2) is 15.0 Å². The average molecular weight is 286 g/mol. The molecule has 6 heteroatoms. The average Bonchev–Trinajstić information content (AvgIpc) is 3.10. The van der Waals surface area contributed by atoms with E-state index in [0.29, 0.717) is 6.42 Å². The minimum Gasteiger partial charge on any atom is -0.360 e. The highest BCUT2D eigenvalue weighted by Crippen LogP contribution is 2.28. The molecule has 0 spiro atoms. The van der Waals surface area contributed by atoms with Crippen LogP contribution in [0.1, 0.15) is 18.2 Å². The predicted octanol–water partition coefficient (Wildman–Crippen LogP) is 3.32. The number of nitrogens with one attached hydrogen (secondary N) is 1. The summed E-state index contributed by atoms with van der Waals surface area (Å²) in [5, 5.41) is 8.39. The molecule has 1 N–H and O–H groups in total. The summed E-state index contributed by atoms with van der Waals surface area (Å²) in [6.45, 7) is 0. The fraction of sp³-hybridized carbons (Fsp3) is 0.154. The van der Waals surface area contributed by atoms with Gasteiger partial charge in [0, 0.05) is 11.8 Å². The first-order valence-corrected chi connectivity index (χ1v) is 7.47. The molecule has 0 aromatic carbocycles. The molecule has 0 aliphatic rings. The zero-order valence-corrected chi connectivity index (χ0v) is 11.5. The molecular weight excluding hydrogens is 276 g/mol. The van der Waals surface area contributed by atoms with Gasteiger partial charge in [-0.2, -0.15) is 0 Å². The third-order valence-corrected chi connectivity index (χ3v) is 4.13. The Labute approximate surface area is 118 Å². The van der Waals surface area contributed by atoms with Gasteiger partial charge in [-0.05, 0) is 11.4 Å². The number of nitrogens with zero attached hydrogens (tertiary/aromatic N) is 3. The SMILES string of the molecule is C#CCC(Nc1ncnc2sccc12)c1cscn1. The van der Waals surface area contributed by atoms with Crippen molar-refractivity contribution < 1.29 is 0 Å². The third-order valence-electron chi connectivity index (χ3n) is 2.70. The van der Waals surface area contributed by atoms with Crippen LogP contribution in [-0.2, 0) is 0 Å². The minimum atomic E-state index is -0.0192. The molecule has 0 radical (unpaired) electrons. The quantitative estimate of drug-likeness (QED) is 0.747. The van der Waals surface area contributed by atoms with Crippen molar-refractivity contribution in [2.75, 3.05) is 5.32 Å². The normalized spacial score (nSPS) is 12.2. The van der Waals surface area contributed by atoms with E-state index in [1.54, 1.807) is 34.5 Å². The van der Waals surface area contributed by atoms with Crippen molar-refractivity contribution in [1.29, 1.82) is 0 Å². The van der Waals surface area contributed by atoms with Crippen LogP contribution >= 0.6 is 22.7 Å². The summed E-state index contributed by atoms with van der Waals surface area (Å²) in [4.78, 5) is 13.8. The smallest absolute Gasteiger partial charge is 0.138 e. The van der Waals surface area contributed by atoms with Gasteiger partial charge >= 0.3 is 0 Å². The fourth-order valence-corrected chi connectivity index (χ4v) is 3.15. The van der Waals surface area contributed by atoms with Crippen molar-refractivity contribution >= 4 is 38.7 Å². The molecule has 0 saturated carbocycles. The molecule has 0 aliphatic heterocycles. The number of rotatable bonds is 4. The van der Waals surface area contributed by atoms with E-state index in [4.69, 9.17) is 6.42 Å². The second kappa shape index (κ2) is 5.34. The maximum absolute atomic E-state index is 5.44.